The number of aliphatic carboxylic acids is 1. The smallest absolute Gasteiger partial charge is 0.305 e. The highest BCUT2D eigenvalue weighted by molar-refractivity contribution is 5.67. The minimum Gasteiger partial charge on any atom is -0.481 e. The fourth-order valence-corrected chi connectivity index (χ4v) is 1.41. The lowest BCUT2D eigenvalue weighted by Crippen LogP contribution is -2.11. The zero-order chi connectivity index (χ0) is 12.0. The van der Waals surface area contributed by atoms with Crippen LogP contribution in [0.5, 0.6) is 0 Å². The SMILES string of the molecule is CN(C)Cc1ccc(NCCC(=O)O)cc1. The molecule has 0 bridgehead atoms. The van der Waals surface area contributed by atoms with Gasteiger partial charge in [0.25, 0.3) is 0 Å². The van der Waals surface area contributed by atoms with Crippen LogP contribution in [-0.4, -0.2) is 36.6 Å². The maximum Gasteiger partial charge on any atom is 0.305 e. The Morgan fingerprint density at radius 3 is 2.44 bits per heavy atom. The fourth-order valence-electron chi connectivity index (χ4n) is 1.41. The van der Waals surface area contributed by atoms with E-state index in [0.29, 0.717) is 6.54 Å². The fraction of sp³-hybridized carbons (Fsp3) is 0.417. The summed E-state index contributed by atoms with van der Waals surface area (Å²) in [4.78, 5) is 12.4. The molecule has 0 spiro atoms. The zero-order valence-corrected chi connectivity index (χ0v) is 9.73. The van der Waals surface area contributed by atoms with E-state index in [9.17, 15) is 4.79 Å². The van der Waals surface area contributed by atoms with Gasteiger partial charge in [-0.05, 0) is 31.8 Å². The topological polar surface area (TPSA) is 52.6 Å². The van der Waals surface area contributed by atoms with Crippen LogP contribution in [0.3, 0.4) is 0 Å². The molecular weight excluding hydrogens is 204 g/mol. The maximum absolute atomic E-state index is 10.3. The first-order chi connectivity index (χ1) is 7.58. The Morgan fingerprint density at radius 2 is 1.94 bits per heavy atom. The molecule has 0 unspecified atom stereocenters. The second kappa shape index (κ2) is 6.12. The molecule has 0 aromatic heterocycles. The summed E-state index contributed by atoms with van der Waals surface area (Å²) >= 11 is 0. The van der Waals surface area contributed by atoms with Crippen molar-refractivity contribution in [2.24, 2.45) is 0 Å². The van der Waals surface area contributed by atoms with Crippen LogP contribution in [0.4, 0.5) is 5.69 Å². The number of hydrogen-bond donors (Lipinski definition) is 2. The van der Waals surface area contributed by atoms with Gasteiger partial charge in [0, 0.05) is 18.8 Å². The molecule has 0 saturated carbocycles. The third kappa shape index (κ3) is 4.79. The van der Waals surface area contributed by atoms with E-state index in [4.69, 9.17) is 5.11 Å². The number of carbonyl (C=O) groups is 1. The van der Waals surface area contributed by atoms with Gasteiger partial charge in [-0.15, -0.1) is 0 Å². The van der Waals surface area contributed by atoms with Gasteiger partial charge in [0.2, 0.25) is 0 Å². The Hall–Kier alpha value is -1.55. The molecule has 0 aliphatic heterocycles. The van der Waals surface area contributed by atoms with Crippen molar-refractivity contribution in [3.8, 4) is 0 Å². The lowest BCUT2D eigenvalue weighted by molar-refractivity contribution is -0.136. The summed E-state index contributed by atoms with van der Waals surface area (Å²) in [5, 5.41) is 11.6. The molecule has 0 fully saturated rings. The van der Waals surface area contributed by atoms with E-state index in [-0.39, 0.29) is 6.42 Å². The molecule has 88 valence electrons. The van der Waals surface area contributed by atoms with E-state index >= 15 is 0 Å². The molecule has 0 radical (unpaired) electrons. The van der Waals surface area contributed by atoms with Crippen LogP contribution in [0.25, 0.3) is 0 Å². The highest BCUT2D eigenvalue weighted by Crippen LogP contribution is 2.10. The molecule has 1 rings (SSSR count). The van der Waals surface area contributed by atoms with Crippen LogP contribution in [0.1, 0.15) is 12.0 Å². The summed E-state index contributed by atoms with van der Waals surface area (Å²) in [5.74, 6) is -0.781. The number of nitrogens with one attached hydrogen (secondary N) is 1. The average Bonchev–Trinajstić information content (AvgIpc) is 2.19. The van der Waals surface area contributed by atoms with Crippen LogP contribution in [0, 0.1) is 0 Å². The largest absolute Gasteiger partial charge is 0.481 e. The van der Waals surface area contributed by atoms with Crippen molar-refractivity contribution in [2.45, 2.75) is 13.0 Å². The number of hydrogen-bond acceptors (Lipinski definition) is 3. The van der Waals surface area contributed by atoms with Crippen molar-refractivity contribution in [1.82, 2.24) is 4.90 Å². The van der Waals surface area contributed by atoms with Crippen molar-refractivity contribution >= 4 is 11.7 Å². The van der Waals surface area contributed by atoms with Crippen molar-refractivity contribution < 1.29 is 9.90 Å². The molecule has 1 aromatic rings. The molecule has 0 heterocycles. The predicted molar refractivity (Wildman–Crippen MR) is 64.6 cm³/mol. The normalized spacial score (nSPS) is 10.4. The molecule has 1 aromatic carbocycles. The lowest BCUT2D eigenvalue weighted by Gasteiger charge is -2.10. The molecule has 0 atom stereocenters. The van der Waals surface area contributed by atoms with Crippen molar-refractivity contribution in [2.75, 3.05) is 26.0 Å². The number of nitrogens with zero attached hydrogens (tertiary/aromatic N) is 1. The van der Waals surface area contributed by atoms with E-state index in [1.807, 2.05) is 38.4 Å². The van der Waals surface area contributed by atoms with E-state index < -0.39 is 5.97 Å². The van der Waals surface area contributed by atoms with Crippen LogP contribution in [0.2, 0.25) is 0 Å². The van der Waals surface area contributed by atoms with Crippen molar-refractivity contribution in [3.63, 3.8) is 0 Å². The van der Waals surface area contributed by atoms with Gasteiger partial charge in [-0.1, -0.05) is 12.1 Å². The highest BCUT2D eigenvalue weighted by Gasteiger charge is 1.98. The molecular formula is C12H18N2O2. The quantitative estimate of drug-likeness (QED) is 0.768. The molecule has 4 heteroatoms. The molecule has 0 saturated heterocycles. The van der Waals surface area contributed by atoms with Gasteiger partial charge >= 0.3 is 5.97 Å². The Kier molecular flexibility index (Phi) is 4.79. The van der Waals surface area contributed by atoms with Crippen LogP contribution in [-0.2, 0) is 11.3 Å². The number of carboxylic acids is 1. The second-order valence-electron chi connectivity index (χ2n) is 4.01. The molecule has 2 N–H and O–H groups in total. The van der Waals surface area contributed by atoms with Crippen LogP contribution < -0.4 is 5.32 Å². The third-order valence-corrected chi connectivity index (χ3v) is 2.12. The Morgan fingerprint density at radius 1 is 1.31 bits per heavy atom. The first-order valence-corrected chi connectivity index (χ1v) is 5.27. The molecule has 0 amide bonds. The number of rotatable bonds is 6. The molecule has 4 nitrogen and oxygen atoms in total. The zero-order valence-electron chi connectivity index (χ0n) is 9.73. The molecule has 16 heavy (non-hydrogen) atoms. The minimum atomic E-state index is -0.781. The van der Waals surface area contributed by atoms with Gasteiger partial charge in [0.15, 0.2) is 0 Å². The van der Waals surface area contributed by atoms with E-state index in [1.165, 1.54) is 5.56 Å². The number of carboxylic acid groups (broad SMARTS) is 1. The number of benzene rings is 1. The molecule has 0 aliphatic rings. The van der Waals surface area contributed by atoms with Gasteiger partial charge < -0.3 is 15.3 Å². The summed E-state index contributed by atoms with van der Waals surface area (Å²) in [6, 6.07) is 8.04. The standard InChI is InChI=1S/C12H18N2O2/c1-14(2)9-10-3-5-11(6-4-10)13-8-7-12(15)16/h3-6,13H,7-9H2,1-2H3,(H,15,16). The minimum absolute atomic E-state index is 0.138. The van der Waals surface area contributed by atoms with Gasteiger partial charge in [0.05, 0.1) is 6.42 Å². The summed E-state index contributed by atoms with van der Waals surface area (Å²) < 4.78 is 0. The third-order valence-electron chi connectivity index (χ3n) is 2.12. The first kappa shape index (κ1) is 12.5. The summed E-state index contributed by atoms with van der Waals surface area (Å²) in [5.41, 5.74) is 2.21. The summed E-state index contributed by atoms with van der Waals surface area (Å²) in [7, 11) is 4.05. The Labute approximate surface area is 95.9 Å². The summed E-state index contributed by atoms with van der Waals surface area (Å²) in [6.07, 6.45) is 0.138. The van der Waals surface area contributed by atoms with Gasteiger partial charge in [-0.2, -0.15) is 0 Å². The lowest BCUT2D eigenvalue weighted by atomic mass is 10.2. The predicted octanol–water partition coefficient (Wildman–Crippen LogP) is 1.63. The molecule has 0 aliphatic carbocycles. The highest BCUT2D eigenvalue weighted by atomic mass is 16.4. The number of anilines is 1. The second-order valence-corrected chi connectivity index (χ2v) is 4.01. The van der Waals surface area contributed by atoms with Gasteiger partial charge in [-0.3, -0.25) is 4.79 Å². The maximum atomic E-state index is 10.3. The van der Waals surface area contributed by atoms with Crippen LogP contribution >= 0.6 is 0 Å². The van der Waals surface area contributed by atoms with Crippen molar-refractivity contribution in [3.05, 3.63) is 29.8 Å². The first-order valence-electron chi connectivity index (χ1n) is 5.27. The van der Waals surface area contributed by atoms with Crippen molar-refractivity contribution in [1.29, 1.82) is 0 Å². The van der Waals surface area contributed by atoms with E-state index in [2.05, 4.69) is 10.2 Å². The van der Waals surface area contributed by atoms with Crippen LogP contribution in [0.15, 0.2) is 24.3 Å². The van der Waals surface area contributed by atoms with E-state index in [1.54, 1.807) is 0 Å². The monoisotopic (exact) mass is 222 g/mol. The van der Waals surface area contributed by atoms with Gasteiger partial charge in [0.1, 0.15) is 0 Å². The average molecular weight is 222 g/mol. The van der Waals surface area contributed by atoms with Gasteiger partial charge in [-0.25, -0.2) is 0 Å². The Bertz CT molecular complexity index is 333. The van der Waals surface area contributed by atoms with E-state index in [0.717, 1.165) is 12.2 Å². The summed E-state index contributed by atoms with van der Waals surface area (Å²) in [6.45, 7) is 1.37. The Balaban J connectivity index is 2.42.